The van der Waals surface area contributed by atoms with Crippen LogP contribution in [0.3, 0.4) is 0 Å². The first-order valence-corrected chi connectivity index (χ1v) is 11.8. The predicted molar refractivity (Wildman–Crippen MR) is 145 cm³/mol. The molecule has 0 spiro atoms. The van der Waals surface area contributed by atoms with Gasteiger partial charge in [-0.05, 0) is 58.1 Å². The van der Waals surface area contributed by atoms with Gasteiger partial charge in [-0.1, -0.05) is 101 Å². The second-order valence-electron chi connectivity index (χ2n) is 7.96. The van der Waals surface area contributed by atoms with Crippen molar-refractivity contribution in [1.82, 2.24) is 0 Å². The molecule has 1 nitrogen and oxygen atoms in total. The van der Waals surface area contributed by atoms with Crippen LogP contribution in [0, 0.1) is 0 Å². The van der Waals surface area contributed by atoms with Crippen LogP contribution in [-0.4, -0.2) is 7.18 Å². The highest BCUT2D eigenvalue weighted by Gasteiger charge is 2.13. The van der Waals surface area contributed by atoms with E-state index in [9.17, 15) is 4.39 Å². The maximum absolute atomic E-state index is 9.50. The minimum atomic E-state index is 0.500. The summed E-state index contributed by atoms with van der Waals surface area (Å²) in [6, 6.07) is 40.4. The molecule has 6 rings (SSSR count). The van der Waals surface area contributed by atoms with Crippen LogP contribution in [0.4, 0.5) is 4.39 Å². The lowest BCUT2D eigenvalue weighted by molar-refractivity contribution is 0.636. The normalized spacial score (nSPS) is 10.8. The third-order valence-corrected chi connectivity index (χ3v) is 6.37. The molecule has 3 heteroatoms. The summed E-state index contributed by atoms with van der Waals surface area (Å²) in [6.45, 7) is 0. The quantitative estimate of drug-likeness (QED) is 0.231. The van der Waals surface area contributed by atoms with Gasteiger partial charge in [-0.3, -0.25) is 4.39 Å². The van der Waals surface area contributed by atoms with Gasteiger partial charge < -0.3 is 4.42 Å². The average molecular weight is 509 g/mol. The Morgan fingerprint density at radius 2 is 1.12 bits per heavy atom. The molecule has 0 N–H and O–H groups in total. The number of benzene rings is 5. The van der Waals surface area contributed by atoms with E-state index in [1.165, 1.54) is 22.3 Å². The highest BCUT2D eigenvalue weighted by atomic mass is 79.9. The summed E-state index contributed by atoms with van der Waals surface area (Å²) in [4.78, 5) is 0. The van der Waals surface area contributed by atoms with Crippen LogP contribution in [-0.2, 0) is 0 Å². The summed E-state index contributed by atoms with van der Waals surface area (Å²) in [6.07, 6.45) is 0. The maximum atomic E-state index is 9.50. The van der Waals surface area contributed by atoms with Crippen molar-refractivity contribution in [1.29, 1.82) is 0 Å². The first-order valence-electron chi connectivity index (χ1n) is 11.0. The molecule has 0 fully saturated rings. The van der Waals surface area contributed by atoms with Crippen molar-refractivity contribution in [2.24, 2.45) is 0 Å². The summed E-state index contributed by atoms with van der Waals surface area (Å²) in [7, 11) is 0.500. The fourth-order valence-electron chi connectivity index (χ4n) is 4.40. The van der Waals surface area contributed by atoms with Crippen molar-refractivity contribution in [3.8, 4) is 33.4 Å². The molecule has 6 aromatic rings. The molecule has 1 heterocycles. The van der Waals surface area contributed by atoms with Crippen LogP contribution in [0.2, 0.25) is 0 Å². The molecule has 0 bridgehead atoms. The van der Waals surface area contributed by atoms with E-state index in [0.29, 0.717) is 7.18 Å². The molecule has 0 unspecified atom stereocenters. The second kappa shape index (κ2) is 9.66. The van der Waals surface area contributed by atoms with Crippen LogP contribution in [0.5, 0.6) is 0 Å². The molecule has 1 aromatic heterocycles. The minimum Gasteiger partial charge on any atom is -0.455 e. The lowest BCUT2D eigenvalue weighted by atomic mass is 9.95. The topological polar surface area (TPSA) is 13.1 Å². The van der Waals surface area contributed by atoms with Crippen LogP contribution >= 0.6 is 15.9 Å². The van der Waals surface area contributed by atoms with Gasteiger partial charge in [0.2, 0.25) is 0 Å². The number of fused-ring (bicyclic) bond motifs is 3. The first kappa shape index (κ1) is 22.1. The zero-order chi connectivity index (χ0) is 23.5. The minimum absolute atomic E-state index is 0.500. The van der Waals surface area contributed by atoms with Crippen molar-refractivity contribution in [3.63, 3.8) is 0 Å². The summed E-state index contributed by atoms with van der Waals surface area (Å²) >= 11 is 3.74. The van der Waals surface area contributed by atoms with Gasteiger partial charge in [-0.15, -0.1) is 0 Å². The fraction of sp³-hybridized carbons (Fsp3) is 0.0323. The number of hydrogen-bond donors (Lipinski definition) is 0. The van der Waals surface area contributed by atoms with Crippen LogP contribution in [0.15, 0.2) is 124 Å². The zero-order valence-corrected chi connectivity index (χ0v) is 20.2. The molecule has 0 radical (unpaired) electrons. The standard InChI is InChI=1S/C30H19BrO.CH3F/c31-25-18-23(22-11-6-10-21(16-22)20-8-2-1-3-9-20)17-24(19-25)26-13-7-14-28-27-12-4-5-15-29(27)32-30(26)28;1-2/h1-19H;1H3. The molecule has 0 aliphatic rings. The summed E-state index contributed by atoms with van der Waals surface area (Å²) in [5.74, 6) is 0. The molecule has 0 aliphatic heterocycles. The van der Waals surface area contributed by atoms with E-state index >= 15 is 0 Å². The Morgan fingerprint density at radius 3 is 1.94 bits per heavy atom. The first-order chi connectivity index (χ1) is 16.8. The monoisotopic (exact) mass is 508 g/mol. The van der Waals surface area contributed by atoms with E-state index < -0.39 is 0 Å². The van der Waals surface area contributed by atoms with Crippen molar-refractivity contribution < 1.29 is 8.81 Å². The van der Waals surface area contributed by atoms with E-state index in [2.05, 4.69) is 113 Å². The van der Waals surface area contributed by atoms with Gasteiger partial charge in [0.25, 0.3) is 0 Å². The Morgan fingerprint density at radius 1 is 0.529 bits per heavy atom. The van der Waals surface area contributed by atoms with Gasteiger partial charge in [0.15, 0.2) is 0 Å². The Labute approximate surface area is 206 Å². The Bertz CT molecular complexity index is 1580. The van der Waals surface area contributed by atoms with Crippen molar-refractivity contribution >= 4 is 37.9 Å². The van der Waals surface area contributed by atoms with Gasteiger partial charge in [0.05, 0.1) is 7.18 Å². The lowest BCUT2D eigenvalue weighted by Gasteiger charge is -2.10. The maximum Gasteiger partial charge on any atom is 0.143 e. The summed E-state index contributed by atoms with van der Waals surface area (Å²) in [5.41, 5.74) is 8.85. The average Bonchev–Trinajstić information content (AvgIpc) is 3.29. The highest BCUT2D eigenvalue weighted by molar-refractivity contribution is 9.10. The highest BCUT2D eigenvalue weighted by Crippen LogP contribution is 2.38. The number of para-hydroxylation sites is 2. The number of hydrogen-bond acceptors (Lipinski definition) is 1. The van der Waals surface area contributed by atoms with E-state index in [1.807, 2.05) is 18.2 Å². The fourth-order valence-corrected chi connectivity index (χ4v) is 4.89. The SMILES string of the molecule is Brc1cc(-c2cccc(-c3ccccc3)c2)cc(-c2cccc3c2oc2ccccc23)c1.CF. The number of rotatable bonds is 3. The van der Waals surface area contributed by atoms with Gasteiger partial charge in [0, 0.05) is 20.8 Å². The van der Waals surface area contributed by atoms with Gasteiger partial charge in [-0.25, -0.2) is 0 Å². The molecular weight excluding hydrogens is 487 g/mol. The van der Waals surface area contributed by atoms with E-state index in [4.69, 9.17) is 4.42 Å². The Hall–Kier alpha value is -3.69. The molecule has 0 saturated carbocycles. The molecule has 0 aliphatic carbocycles. The zero-order valence-electron chi connectivity index (χ0n) is 18.6. The molecule has 5 aromatic carbocycles. The third-order valence-electron chi connectivity index (χ3n) is 5.92. The molecule has 0 amide bonds. The van der Waals surface area contributed by atoms with E-state index in [1.54, 1.807) is 0 Å². The lowest BCUT2D eigenvalue weighted by Crippen LogP contribution is -1.85. The van der Waals surface area contributed by atoms with Crippen LogP contribution in [0.25, 0.3) is 55.3 Å². The largest absolute Gasteiger partial charge is 0.455 e. The number of alkyl halides is 1. The van der Waals surface area contributed by atoms with Gasteiger partial charge >= 0.3 is 0 Å². The van der Waals surface area contributed by atoms with Gasteiger partial charge in [0.1, 0.15) is 11.2 Å². The number of furan rings is 1. The van der Waals surface area contributed by atoms with E-state index in [0.717, 1.165) is 37.5 Å². The van der Waals surface area contributed by atoms with Gasteiger partial charge in [-0.2, -0.15) is 0 Å². The van der Waals surface area contributed by atoms with E-state index in [-0.39, 0.29) is 0 Å². The van der Waals surface area contributed by atoms with Crippen LogP contribution < -0.4 is 0 Å². The molecule has 0 saturated heterocycles. The van der Waals surface area contributed by atoms with Crippen molar-refractivity contribution in [2.75, 3.05) is 7.18 Å². The second-order valence-corrected chi connectivity index (χ2v) is 8.87. The number of halogens is 2. The molecular formula is C31H22BrFO. The summed E-state index contributed by atoms with van der Waals surface area (Å²) < 4.78 is 16.8. The van der Waals surface area contributed by atoms with Crippen molar-refractivity contribution in [3.05, 3.63) is 120 Å². The molecule has 34 heavy (non-hydrogen) atoms. The molecule has 0 atom stereocenters. The smallest absolute Gasteiger partial charge is 0.143 e. The Kier molecular flexibility index (Phi) is 6.29. The van der Waals surface area contributed by atoms with Crippen molar-refractivity contribution in [2.45, 2.75) is 0 Å². The third kappa shape index (κ3) is 4.15. The Balaban J connectivity index is 0.00000117. The predicted octanol–water partition coefficient (Wildman–Crippen LogP) is 9.94. The molecule has 166 valence electrons. The summed E-state index contributed by atoms with van der Waals surface area (Å²) in [5, 5.41) is 2.29. The van der Waals surface area contributed by atoms with Crippen LogP contribution in [0.1, 0.15) is 0 Å².